The van der Waals surface area contributed by atoms with E-state index in [-0.39, 0.29) is 22.6 Å². The van der Waals surface area contributed by atoms with Gasteiger partial charge in [0.15, 0.2) is 10.9 Å². The number of aryl methyl sites for hydroxylation is 2. The highest BCUT2D eigenvalue weighted by Crippen LogP contribution is 2.22. The number of nitrogens with zero attached hydrogens (tertiary/aromatic N) is 2. The maximum atomic E-state index is 12.7. The van der Waals surface area contributed by atoms with Gasteiger partial charge in [0.05, 0.1) is 19.1 Å². The van der Waals surface area contributed by atoms with Gasteiger partial charge in [-0.25, -0.2) is 8.42 Å². The van der Waals surface area contributed by atoms with E-state index in [4.69, 9.17) is 21.7 Å². The van der Waals surface area contributed by atoms with Gasteiger partial charge in [0.1, 0.15) is 0 Å². The van der Waals surface area contributed by atoms with Crippen LogP contribution in [0.25, 0.3) is 0 Å². The van der Waals surface area contributed by atoms with Crippen molar-refractivity contribution in [1.82, 2.24) is 9.97 Å². The zero-order valence-electron chi connectivity index (χ0n) is 18.0. The fourth-order valence-corrected chi connectivity index (χ4v) is 3.91. The minimum atomic E-state index is -3.89. The average molecular weight is 474 g/mol. The second kappa shape index (κ2) is 9.79. The molecule has 1 aromatic heterocycles. The predicted octanol–water partition coefficient (Wildman–Crippen LogP) is 3.72. The molecule has 0 spiro atoms. The first kappa shape index (κ1) is 23.2. The number of ether oxygens (including phenoxy) is 2. The zero-order chi connectivity index (χ0) is 23.3. The summed E-state index contributed by atoms with van der Waals surface area (Å²) < 4.78 is 37.8. The molecule has 0 saturated heterocycles. The molecule has 11 heteroatoms. The molecule has 168 valence electrons. The van der Waals surface area contributed by atoms with Crippen LogP contribution in [0.15, 0.2) is 53.4 Å². The molecule has 32 heavy (non-hydrogen) atoms. The number of rotatable bonds is 7. The zero-order valence-corrected chi connectivity index (χ0v) is 19.6. The Morgan fingerprint density at radius 1 is 0.875 bits per heavy atom. The fraction of sp³-hybridized carbons (Fsp3) is 0.190. The van der Waals surface area contributed by atoms with Gasteiger partial charge in [-0.05, 0) is 73.6 Å². The van der Waals surface area contributed by atoms with Crippen molar-refractivity contribution in [2.75, 3.05) is 29.6 Å². The summed E-state index contributed by atoms with van der Waals surface area (Å²) in [6.07, 6.45) is 0. The third-order valence-corrected chi connectivity index (χ3v) is 6.07. The van der Waals surface area contributed by atoms with Crippen molar-refractivity contribution in [3.63, 3.8) is 0 Å². The summed E-state index contributed by atoms with van der Waals surface area (Å²) in [5.74, 6) is 0.188. The summed E-state index contributed by atoms with van der Waals surface area (Å²) >= 11 is 5.34. The number of benzene rings is 2. The Morgan fingerprint density at radius 3 is 2.16 bits per heavy atom. The summed E-state index contributed by atoms with van der Waals surface area (Å²) in [5.41, 5.74) is 3.85. The highest BCUT2D eigenvalue weighted by molar-refractivity contribution is 7.92. The van der Waals surface area contributed by atoms with Crippen LogP contribution in [0.4, 0.5) is 17.2 Å². The molecule has 0 fully saturated rings. The molecule has 1 heterocycles. The molecule has 0 aliphatic rings. The normalized spacial score (nSPS) is 10.9. The van der Waals surface area contributed by atoms with Crippen molar-refractivity contribution in [3.8, 4) is 11.9 Å². The van der Waals surface area contributed by atoms with E-state index in [1.54, 1.807) is 12.1 Å². The summed E-state index contributed by atoms with van der Waals surface area (Å²) in [6, 6.07) is 13.4. The van der Waals surface area contributed by atoms with Crippen LogP contribution >= 0.6 is 12.2 Å². The predicted molar refractivity (Wildman–Crippen MR) is 128 cm³/mol. The van der Waals surface area contributed by atoms with Crippen LogP contribution in [0.3, 0.4) is 0 Å². The Morgan fingerprint density at radius 2 is 1.53 bits per heavy atom. The monoisotopic (exact) mass is 473 g/mol. The van der Waals surface area contributed by atoms with Crippen LogP contribution < -0.4 is 24.8 Å². The number of hydrogen-bond acceptors (Lipinski definition) is 7. The van der Waals surface area contributed by atoms with Gasteiger partial charge in [-0.3, -0.25) is 4.72 Å². The second-order valence-corrected chi connectivity index (χ2v) is 8.88. The largest absolute Gasteiger partial charge is 0.481 e. The van der Waals surface area contributed by atoms with Crippen LogP contribution in [0.2, 0.25) is 0 Å². The van der Waals surface area contributed by atoms with E-state index in [1.807, 2.05) is 32.0 Å². The highest BCUT2D eigenvalue weighted by Gasteiger charge is 2.17. The molecule has 0 atom stereocenters. The molecule has 9 nitrogen and oxygen atoms in total. The van der Waals surface area contributed by atoms with Gasteiger partial charge in [-0.2, -0.15) is 9.97 Å². The number of thiocarbonyl (C=S) groups is 1. The number of nitrogens with one attached hydrogen (secondary N) is 3. The van der Waals surface area contributed by atoms with Crippen molar-refractivity contribution < 1.29 is 17.9 Å². The number of methoxy groups -OCH3 is 2. The van der Waals surface area contributed by atoms with Crippen LogP contribution in [0, 0.1) is 13.8 Å². The lowest BCUT2D eigenvalue weighted by atomic mass is 10.1. The van der Waals surface area contributed by atoms with E-state index in [0.717, 1.165) is 11.3 Å². The third-order valence-electron chi connectivity index (χ3n) is 4.50. The molecule has 3 N–H and O–H groups in total. The van der Waals surface area contributed by atoms with Crippen LogP contribution in [-0.2, 0) is 10.0 Å². The number of sulfonamides is 1. The number of anilines is 3. The Bertz CT molecular complexity index is 1210. The van der Waals surface area contributed by atoms with Gasteiger partial charge in [-0.15, -0.1) is 0 Å². The van der Waals surface area contributed by atoms with E-state index < -0.39 is 10.0 Å². The standard InChI is InChI=1S/C21H23N5O4S2/c1-13-5-6-16(11-14(13)2)23-21(31)22-15-7-9-17(10-8-15)32(27,28)26-18-12-19(29-3)25-20(24-18)30-4/h5-12H,1-4H3,(H2,22,23,31)(H,24,25,26). The van der Waals surface area contributed by atoms with E-state index in [0.29, 0.717) is 10.8 Å². The lowest BCUT2D eigenvalue weighted by Gasteiger charge is -2.13. The second-order valence-electron chi connectivity index (χ2n) is 6.79. The first-order valence-electron chi connectivity index (χ1n) is 9.45. The molecule has 0 radical (unpaired) electrons. The molecule has 0 aliphatic heterocycles. The highest BCUT2D eigenvalue weighted by atomic mass is 32.2. The van der Waals surface area contributed by atoms with E-state index in [1.165, 1.54) is 38.0 Å². The number of aromatic nitrogens is 2. The van der Waals surface area contributed by atoms with Crippen LogP contribution in [0.5, 0.6) is 11.9 Å². The molecule has 0 unspecified atom stereocenters. The minimum Gasteiger partial charge on any atom is -0.481 e. The first-order valence-corrected chi connectivity index (χ1v) is 11.3. The van der Waals surface area contributed by atoms with Crippen molar-refractivity contribution >= 4 is 44.5 Å². The molecule has 3 rings (SSSR count). The molecular formula is C21H23N5O4S2. The Kier molecular flexibility index (Phi) is 7.11. The van der Waals surface area contributed by atoms with E-state index in [2.05, 4.69) is 25.3 Å². The fourth-order valence-electron chi connectivity index (χ4n) is 2.68. The summed E-state index contributed by atoms with van der Waals surface area (Å²) in [4.78, 5) is 7.96. The molecule has 0 aliphatic carbocycles. The van der Waals surface area contributed by atoms with Crippen molar-refractivity contribution in [2.24, 2.45) is 0 Å². The third kappa shape index (κ3) is 5.83. The quantitative estimate of drug-likeness (QED) is 0.442. The molecule has 0 amide bonds. The Labute approximate surface area is 192 Å². The lowest BCUT2D eigenvalue weighted by Crippen LogP contribution is -2.19. The van der Waals surface area contributed by atoms with Crippen LogP contribution in [-0.4, -0.2) is 37.7 Å². The maximum Gasteiger partial charge on any atom is 0.321 e. The van der Waals surface area contributed by atoms with E-state index in [9.17, 15) is 8.42 Å². The lowest BCUT2D eigenvalue weighted by molar-refractivity contribution is 0.353. The van der Waals surface area contributed by atoms with Crippen molar-refractivity contribution in [1.29, 1.82) is 0 Å². The van der Waals surface area contributed by atoms with Gasteiger partial charge >= 0.3 is 6.01 Å². The molecule has 3 aromatic rings. The molecule has 0 saturated carbocycles. The van der Waals surface area contributed by atoms with Gasteiger partial charge in [0.2, 0.25) is 5.88 Å². The molecule has 2 aromatic carbocycles. The van der Waals surface area contributed by atoms with Crippen molar-refractivity contribution in [2.45, 2.75) is 18.7 Å². The topological polar surface area (TPSA) is 114 Å². The minimum absolute atomic E-state index is 0.0219. The first-order chi connectivity index (χ1) is 15.2. The molecule has 0 bridgehead atoms. The van der Waals surface area contributed by atoms with Crippen LogP contribution in [0.1, 0.15) is 11.1 Å². The Hall–Kier alpha value is -3.44. The summed E-state index contributed by atoms with van der Waals surface area (Å²) in [7, 11) is -1.11. The Balaban J connectivity index is 1.69. The van der Waals surface area contributed by atoms with Gasteiger partial charge in [0.25, 0.3) is 10.0 Å². The summed E-state index contributed by atoms with van der Waals surface area (Å²) in [6.45, 7) is 4.07. The molecular weight excluding hydrogens is 450 g/mol. The van der Waals surface area contributed by atoms with E-state index >= 15 is 0 Å². The van der Waals surface area contributed by atoms with Gasteiger partial charge in [-0.1, -0.05) is 6.07 Å². The maximum absolute atomic E-state index is 12.7. The van der Waals surface area contributed by atoms with Gasteiger partial charge < -0.3 is 20.1 Å². The number of hydrogen-bond donors (Lipinski definition) is 3. The van der Waals surface area contributed by atoms with Gasteiger partial charge in [0, 0.05) is 17.4 Å². The average Bonchev–Trinajstić information content (AvgIpc) is 2.76. The van der Waals surface area contributed by atoms with Crippen molar-refractivity contribution in [3.05, 3.63) is 59.7 Å². The SMILES string of the molecule is COc1cc(NS(=O)(=O)c2ccc(NC(=S)Nc3ccc(C)c(C)c3)cc2)nc(OC)n1. The summed E-state index contributed by atoms with van der Waals surface area (Å²) in [5, 5.41) is 6.53. The smallest absolute Gasteiger partial charge is 0.321 e.